The van der Waals surface area contributed by atoms with Crippen LogP contribution in [0.15, 0.2) is 42.6 Å². The lowest BCUT2D eigenvalue weighted by molar-refractivity contribution is 0.102. The molecular weight excluding hydrogens is 546 g/mol. The van der Waals surface area contributed by atoms with E-state index in [1.165, 1.54) is 0 Å². The highest BCUT2D eigenvalue weighted by Crippen LogP contribution is 2.32. The van der Waals surface area contributed by atoms with Gasteiger partial charge in [0.15, 0.2) is 5.82 Å². The summed E-state index contributed by atoms with van der Waals surface area (Å²) in [4.78, 5) is 20.5. The fraction of sp³-hybridized carbons (Fsp3) is 0.464. The van der Waals surface area contributed by atoms with Crippen molar-refractivity contribution in [3.8, 4) is 5.69 Å². The summed E-state index contributed by atoms with van der Waals surface area (Å²) in [6, 6.07) is 10.1. The molecule has 41 heavy (non-hydrogen) atoms. The van der Waals surface area contributed by atoms with Gasteiger partial charge in [0.05, 0.1) is 41.6 Å². The molecule has 13 heteroatoms. The van der Waals surface area contributed by atoms with Crippen LogP contribution in [0.3, 0.4) is 0 Å². The number of aliphatic hydroxyl groups is 2. The lowest BCUT2D eigenvalue weighted by Gasteiger charge is -2.36. The van der Waals surface area contributed by atoms with Crippen LogP contribution < -0.4 is 20.3 Å². The number of carbonyl (C=O) groups is 1. The SMILES string of the molecule is O=C1Nc2ccc(-n3ccc(CO)n3)c(n2)NCCCCC[C@@H]2CCCN(C2)c2cc(NS(=O)(=O)CCO)ccc21. The lowest BCUT2D eigenvalue weighted by Crippen LogP contribution is -2.36. The molecule has 2 aliphatic rings. The first-order chi connectivity index (χ1) is 19.8. The summed E-state index contributed by atoms with van der Waals surface area (Å²) in [5, 5.41) is 29.3. The number of aromatic nitrogens is 3. The number of piperidine rings is 1. The zero-order chi connectivity index (χ0) is 28.8. The van der Waals surface area contributed by atoms with Gasteiger partial charge in [0.1, 0.15) is 11.5 Å². The number of amides is 1. The van der Waals surface area contributed by atoms with Crippen molar-refractivity contribution in [2.24, 2.45) is 5.92 Å². The Morgan fingerprint density at radius 2 is 1.88 bits per heavy atom. The molecule has 1 aromatic carbocycles. The van der Waals surface area contributed by atoms with E-state index in [4.69, 9.17) is 10.1 Å². The fourth-order valence-corrected chi connectivity index (χ4v) is 6.29. The highest BCUT2D eigenvalue weighted by molar-refractivity contribution is 7.92. The molecule has 1 atom stereocenters. The Morgan fingerprint density at radius 3 is 2.68 bits per heavy atom. The number of fused-ring (bicyclic) bond motifs is 6. The summed E-state index contributed by atoms with van der Waals surface area (Å²) in [6.07, 6.45) is 8.08. The predicted octanol–water partition coefficient (Wildman–Crippen LogP) is 2.95. The van der Waals surface area contributed by atoms with Gasteiger partial charge in [-0.05, 0) is 68.0 Å². The van der Waals surface area contributed by atoms with Crippen molar-refractivity contribution in [3.05, 3.63) is 53.9 Å². The highest BCUT2D eigenvalue weighted by atomic mass is 32.2. The van der Waals surface area contributed by atoms with Gasteiger partial charge >= 0.3 is 0 Å². The third kappa shape index (κ3) is 7.16. The van der Waals surface area contributed by atoms with E-state index in [9.17, 15) is 18.3 Å². The van der Waals surface area contributed by atoms with Gasteiger partial charge in [0.25, 0.3) is 5.91 Å². The van der Waals surface area contributed by atoms with Crippen molar-refractivity contribution in [2.75, 3.05) is 52.2 Å². The molecule has 2 aromatic heterocycles. The number of anilines is 4. The molecule has 0 spiro atoms. The van der Waals surface area contributed by atoms with Crippen LogP contribution in [-0.2, 0) is 16.6 Å². The van der Waals surface area contributed by atoms with Gasteiger partial charge < -0.3 is 25.7 Å². The van der Waals surface area contributed by atoms with Crippen molar-refractivity contribution in [3.63, 3.8) is 0 Å². The van der Waals surface area contributed by atoms with E-state index in [2.05, 4.69) is 25.4 Å². The standard InChI is InChI=1S/C28H37N7O5S/c36-15-16-41(39,40)33-21-7-8-23-25(17-21)34-13-4-6-20(18-34)5-2-1-3-12-29-27-24(35-14-11-22(19-37)32-35)9-10-26(30-27)31-28(23)38/h7-11,14,17,20,33,36-37H,1-6,12-13,15-16,18-19H2,(H2,29,30,31,38)/t20-/m1/s1. The second-order valence-electron chi connectivity index (χ2n) is 10.5. The molecule has 2 aliphatic heterocycles. The third-order valence-electron chi connectivity index (χ3n) is 7.49. The Bertz CT molecular complexity index is 1480. The van der Waals surface area contributed by atoms with Crippen LogP contribution >= 0.6 is 0 Å². The smallest absolute Gasteiger partial charge is 0.258 e. The van der Waals surface area contributed by atoms with Crippen molar-refractivity contribution < 1.29 is 23.4 Å². The Morgan fingerprint density at radius 1 is 1.02 bits per heavy atom. The first kappa shape index (κ1) is 28.8. The molecule has 220 valence electrons. The fourth-order valence-electron chi connectivity index (χ4n) is 5.46. The van der Waals surface area contributed by atoms with Crippen molar-refractivity contribution in [1.82, 2.24) is 14.8 Å². The lowest BCUT2D eigenvalue weighted by atomic mass is 9.91. The van der Waals surface area contributed by atoms with Crippen molar-refractivity contribution in [1.29, 1.82) is 0 Å². The maximum Gasteiger partial charge on any atom is 0.258 e. The zero-order valence-corrected chi connectivity index (χ0v) is 23.7. The summed E-state index contributed by atoms with van der Waals surface area (Å²) in [6.45, 7) is 1.63. The van der Waals surface area contributed by atoms with Gasteiger partial charge in [0, 0.05) is 25.8 Å². The molecule has 3 aromatic rings. The third-order valence-corrected chi connectivity index (χ3v) is 8.75. The van der Waals surface area contributed by atoms with E-state index >= 15 is 0 Å². The minimum absolute atomic E-state index is 0.167. The molecule has 1 amide bonds. The van der Waals surface area contributed by atoms with Crippen LogP contribution in [-0.4, -0.2) is 71.3 Å². The van der Waals surface area contributed by atoms with E-state index in [1.807, 2.05) is 6.07 Å². The molecular formula is C28H37N7O5S. The number of aliphatic hydroxyl groups excluding tert-OH is 2. The summed E-state index contributed by atoms with van der Waals surface area (Å²) < 4.78 is 28.8. The molecule has 5 rings (SSSR count). The van der Waals surface area contributed by atoms with Gasteiger partial charge in [-0.2, -0.15) is 5.10 Å². The highest BCUT2D eigenvalue weighted by Gasteiger charge is 2.25. The van der Waals surface area contributed by atoms with Crippen molar-refractivity contribution >= 4 is 38.9 Å². The molecule has 5 N–H and O–H groups in total. The number of pyridine rings is 1. The Labute approximate surface area is 239 Å². The van der Waals surface area contributed by atoms with E-state index in [-0.39, 0.29) is 12.5 Å². The molecule has 0 saturated carbocycles. The number of rotatable bonds is 6. The van der Waals surface area contributed by atoms with E-state index in [1.54, 1.807) is 41.2 Å². The predicted molar refractivity (Wildman–Crippen MR) is 158 cm³/mol. The molecule has 4 bridgehead atoms. The van der Waals surface area contributed by atoms with Crippen LogP contribution in [0, 0.1) is 5.92 Å². The number of nitrogens with zero attached hydrogens (tertiary/aromatic N) is 4. The van der Waals surface area contributed by atoms with Crippen LogP contribution in [0.25, 0.3) is 5.69 Å². The number of hydrogen-bond acceptors (Lipinski definition) is 9. The topological polar surface area (TPSA) is 162 Å². The number of nitrogens with one attached hydrogen (secondary N) is 3. The van der Waals surface area contributed by atoms with Gasteiger partial charge in [-0.15, -0.1) is 0 Å². The second-order valence-corrected chi connectivity index (χ2v) is 12.4. The van der Waals surface area contributed by atoms with Gasteiger partial charge in [0.2, 0.25) is 10.0 Å². The molecule has 12 nitrogen and oxygen atoms in total. The van der Waals surface area contributed by atoms with E-state index in [0.717, 1.165) is 58.2 Å². The zero-order valence-electron chi connectivity index (χ0n) is 22.9. The Hall–Kier alpha value is -3.68. The van der Waals surface area contributed by atoms with Crippen molar-refractivity contribution in [2.45, 2.75) is 45.1 Å². The minimum Gasteiger partial charge on any atom is -0.395 e. The first-order valence-electron chi connectivity index (χ1n) is 14.1. The molecule has 1 saturated heterocycles. The normalized spacial score (nSPS) is 18.2. The number of hydrogen-bond donors (Lipinski definition) is 5. The van der Waals surface area contributed by atoms with Gasteiger partial charge in [-0.25, -0.2) is 18.1 Å². The average Bonchev–Trinajstić information content (AvgIpc) is 3.43. The number of sulfonamides is 1. The summed E-state index contributed by atoms with van der Waals surface area (Å²) in [5.41, 5.74) is 2.66. The molecule has 0 radical (unpaired) electrons. The number of carbonyl (C=O) groups excluding carboxylic acids is 1. The van der Waals surface area contributed by atoms with Gasteiger partial charge in [-0.3, -0.25) is 9.52 Å². The van der Waals surface area contributed by atoms with E-state index < -0.39 is 22.4 Å². The van der Waals surface area contributed by atoms with Crippen LogP contribution in [0.4, 0.5) is 23.0 Å². The largest absolute Gasteiger partial charge is 0.395 e. The van der Waals surface area contributed by atoms with Crippen LogP contribution in [0.5, 0.6) is 0 Å². The molecule has 1 fully saturated rings. The maximum absolute atomic E-state index is 13.6. The van der Waals surface area contributed by atoms with E-state index in [0.29, 0.717) is 45.9 Å². The first-order valence-corrected chi connectivity index (χ1v) is 15.7. The van der Waals surface area contributed by atoms with Crippen LogP contribution in [0.2, 0.25) is 0 Å². The molecule has 0 unspecified atom stereocenters. The second kappa shape index (κ2) is 12.9. The summed E-state index contributed by atoms with van der Waals surface area (Å²) in [7, 11) is -3.72. The van der Waals surface area contributed by atoms with Gasteiger partial charge in [-0.1, -0.05) is 12.8 Å². The number of benzene rings is 1. The average molecular weight is 584 g/mol. The Kier molecular flexibility index (Phi) is 9.06. The van der Waals surface area contributed by atoms with Crippen LogP contribution in [0.1, 0.15) is 54.6 Å². The maximum atomic E-state index is 13.6. The summed E-state index contributed by atoms with van der Waals surface area (Å²) >= 11 is 0. The minimum atomic E-state index is -3.72. The monoisotopic (exact) mass is 583 g/mol. The summed E-state index contributed by atoms with van der Waals surface area (Å²) in [5.74, 6) is 0.646. The Balaban J connectivity index is 1.50. The molecule has 4 heterocycles. The molecule has 0 aliphatic carbocycles. The quantitative estimate of drug-likeness (QED) is 0.294.